The van der Waals surface area contributed by atoms with Crippen LogP contribution < -0.4 is 9.80 Å². The molecule has 6 rings (SSSR count). The van der Waals surface area contributed by atoms with Crippen molar-refractivity contribution >= 4 is 77.5 Å². The highest BCUT2D eigenvalue weighted by atomic mass is 79.9. The summed E-state index contributed by atoms with van der Waals surface area (Å²) < 4.78 is 1.72. The van der Waals surface area contributed by atoms with Crippen molar-refractivity contribution in [1.82, 2.24) is 9.97 Å². The van der Waals surface area contributed by atoms with E-state index in [9.17, 15) is 19.8 Å². The summed E-state index contributed by atoms with van der Waals surface area (Å²) in [7, 11) is 7.79. The standard InChI is InChI=1S/2C17H19BrN2O2S/c1-9(21)10-8-14(20(2)3)12(18)7-11(10)17-19-13-5-4-6-15(22)16(13)23-17;1-9(21)14-10(7-8-12(15(14)18)20(2)3)17-19-11-5-4-6-13(22)16(11)23-17/h7-8,15,22H,4-6H2,1-3H3;7-8,13,22H,4-6H2,1-3H3. The normalized spacial score (nSPS) is 17.0. The fourth-order valence-corrected chi connectivity index (χ4v) is 9.83. The van der Waals surface area contributed by atoms with Crippen LogP contribution in [0.25, 0.3) is 21.1 Å². The predicted octanol–water partition coefficient (Wildman–Crippen LogP) is 8.42. The van der Waals surface area contributed by atoms with E-state index in [4.69, 9.17) is 9.97 Å². The SMILES string of the molecule is CC(=O)c1c(-c2nc3c(s2)C(O)CCC3)ccc(N(C)C)c1Br.CC(=O)c1cc(N(C)C)c(Br)cc1-c1nc2c(s1)C(O)CCC2. The Morgan fingerprint density at radius 1 is 0.783 bits per heavy atom. The number of carbonyl (C=O) groups excluding carboxylic acids is 2. The zero-order chi connectivity index (χ0) is 33.4. The molecule has 0 radical (unpaired) electrons. The molecule has 2 aromatic carbocycles. The third-order valence-electron chi connectivity index (χ3n) is 8.21. The number of nitrogens with zero attached hydrogens (tertiary/aromatic N) is 4. The van der Waals surface area contributed by atoms with Crippen LogP contribution in [0.15, 0.2) is 33.2 Å². The summed E-state index contributed by atoms with van der Waals surface area (Å²) in [5.41, 5.74) is 6.86. The second-order valence-corrected chi connectivity index (χ2v) is 15.8. The molecule has 12 heteroatoms. The molecule has 0 saturated heterocycles. The van der Waals surface area contributed by atoms with Crippen LogP contribution in [0.1, 0.15) is 93.6 Å². The molecule has 2 aromatic heterocycles. The van der Waals surface area contributed by atoms with Gasteiger partial charge < -0.3 is 20.0 Å². The van der Waals surface area contributed by atoms with Gasteiger partial charge >= 0.3 is 0 Å². The van der Waals surface area contributed by atoms with Crippen molar-refractivity contribution in [3.05, 3.63) is 65.5 Å². The Balaban J connectivity index is 0.000000181. The maximum atomic E-state index is 12.2. The van der Waals surface area contributed by atoms with Gasteiger partial charge in [-0.15, -0.1) is 22.7 Å². The van der Waals surface area contributed by atoms with Crippen LogP contribution in [0.3, 0.4) is 0 Å². The van der Waals surface area contributed by atoms with Gasteiger partial charge in [0.05, 0.1) is 49.2 Å². The van der Waals surface area contributed by atoms with E-state index < -0.39 is 12.2 Å². The van der Waals surface area contributed by atoms with E-state index in [1.165, 1.54) is 22.7 Å². The Morgan fingerprint density at radius 2 is 1.30 bits per heavy atom. The van der Waals surface area contributed by atoms with Gasteiger partial charge in [0.25, 0.3) is 0 Å². The van der Waals surface area contributed by atoms with E-state index in [1.54, 1.807) is 13.8 Å². The minimum absolute atomic E-state index is 0.00398. The smallest absolute Gasteiger partial charge is 0.161 e. The number of carbonyl (C=O) groups is 2. The van der Waals surface area contributed by atoms with E-state index >= 15 is 0 Å². The lowest BCUT2D eigenvalue weighted by atomic mass is 10.0. The fourth-order valence-electron chi connectivity index (χ4n) is 5.83. The Labute approximate surface area is 294 Å². The summed E-state index contributed by atoms with van der Waals surface area (Å²) >= 11 is 10.2. The Hall–Kier alpha value is -2.48. The lowest BCUT2D eigenvalue weighted by Crippen LogP contribution is -2.11. The summed E-state index contributed by atoms with van der Waals surface area (Å²) in [5.74, 6) is 0.0219. The lowest BCUT2D eigenvalue weighted by Gasteiger charge is -2.18. The van der Waals surface area contributed by atoms with Gasteiger partial charge in [0, 0.05) is 54.9 Å². The van der Waals surface area contributed by atoms with Crippen molar-refractivity contribution in [3.63, 3.8) is 0 Å². The molecule has 0 spiro atoms. The van der Waals surface area contributed by atoms with E-state index in [1.807, 2.05) is 62.3 Å². The number of hydrogen-bond acceptors (Lipinski definition) is 10. The average molecular weight is 791 g/mol. The second kappa shape index (κ2) is 14.3. The number of hydrogen-bond donors (Lipinski definition) is 2. The van der Waals surface area contributed by atoms with Crippen LogP contribution in [0.5, 0.6) is 0 Å². The van der Waals surface area contributed by atoms with Crippen LogP contribution in [0.4, 0.5) is 11.4 Å². The van der Waals surface area contributed by atoms with Crippen LogP contribution in [-0.2, 0) is 12.8 Å². The number of ketones is 2. The molecule has 2 heterocycles. The van der Waals surface area contributed by atoms with Gasteiger partial charge in [-0.3, -0.25) is 9.59 Å². The molecule has 2 aliphatic carbocycles. The highest BCUT2D eigenvalue weighted by molar-refractivity contribution is 9.11. The average Bonchev–Trinajstić information content (AvgIpc) is 3.63. The zero-order valence-corrected chi connectivity index (χ0v) is 31.6. The number of rotatable bonds is 6. The largest absolute Gasteiger partial charge is 0.388 e. The molecule has 0 amide bonds. The molecule has 244 valence electrons. The predicted molar refractivity (Wildman–Crippen MR) is 195 cm³/mol. The van der Waals surface area contributed by atoms with Gasteiger partial charge in [0.1, 0.15) is 10.0 Å². The summed E-state index contributed by atoms with van der Waals surface area (Å²) in [6.45, 7) is 3.15. The number of aromatic nitrogens is 2. The zero-order valence-electron chi connectivity index (χ0n) is 26.8. The molecule has 2 atom stereocenters. The van der Waals surface area contributed by atoms with Gasteiger partial charge in [-0.1, -0.05) is 0 Å². The minimum atomic E-state index is -0.421. The number of thiazole rings is 2. The second-order valence-electron chi connectivity index (χ2n) is 12.0. The first-order valence-corrected chi connectivity index (χ1v) is 18.4. The third-order valence-corrected chi connectivity index (χ3v) is 12.1. The van der Waals surface area contributed by atoms with Crippen molar-refractivity contribution in [2.24, 2.45) is 0 Å². The number of benzene rings is 2. The van der Waals surface area contributed by atoms with E-state index in [-0.39, 0.29) is 11.6 Å². The van der Waals surface area contributed by atoms with Crippen molar-refractivity contribution in [1.29, 1.82) is 0 Å². The van der Waals surface area contributed by atoms with E-state index in [2.05, 4.69) is 31.9 Å². The number of fused-ring (bicyclic) bond motifs is 2. The first-order valence-electron chi connectivity index (χ1n) is 15.2. The van der Waals surface area contributed by atoms with Gasteiger partial charge in [-0.2, -0.15) is 0 Å². The van der Waals surface area contributed by atoms with E-state index in [0.717, 1.165) is 101 Å². The third kappa shape index (κ3) is 7.02. The van der Waals surface area contributed by atoms with Gasteiger partial charge in [0.15, 0.2) is 11.6 Å². The Kier molecular flexibility index (Phi) is 10.9. The molecule has 46 heavy (non-hydrogen) atoms. The monoisotopic (exact) mass is 788 g/mol. The quantitative estimate of drug-likeness (QED) is 0.188. The molecule has 4 aromatic rings. The molecule has 8 nitrogen and oxygen atoms in total. The van der Waals surface area contributed by atoms with Crippen LogP contribution in [-0.4, -0.2) is 59.9 Å². The summed E-state index contributed by atoms with van der Waals surface area (Å²) in [6, 6.07) is 7.80. The van der Waals surface area contributed by atoms with Crippen molar-refractivity contribution in [3.8, 4) is 21.1 Å². The van der Waals surface area contributed by atoms with Crippen LogP contribution in [0, 0.1) is 0 Å². The molecule has 0 saturated carbocycles. The number of aliphatic hydroxyl groups is 2. The molecular weight excluding hydrogens is 752 g/mol. The lowest BCUT2D eigenvalue weighted by molar-refractivity contribution is 0.100. The first-order chi connectivity index (χ1) is 21.8. The number of Topliss-reactive ketones (excluding diaryl/α,β-unsaturated/α-hetero) is 2. The molecule has 2 N–H and O–H groups in total. The summed E-state index contributed by atoms with van der Waals surface area (Å²) in [5, 5.41) is 21.9. The van der Waals surface area contributed by atoms with Crippen LogP contribution >= 0.6 is 54.5 Å². The molecule has 2 aliphatic rings. The number of aryl methyl sites for hydroxylation is 2. The number of halogens is 2. The number of anilines is 2. The minimum Gasteiger partial charge on any atom is -0.388 e. The maximum absolute atomic E-state index is 12.2. The topological polar surface area (TPSA) is 107 Å². The van der Waals surface area contributed by atoms with Gasteiger partial charge in [0.2, 0.25) is 0 Å². The van der Waals surface area contributed by atoms with Crippen LogP contribution in [0.2, 0.25) is 0 Å². The maximum Gasteiger partial charge on any atom is 0.161 e. The number of aliphatic hydroxyl groups excluding tert-OH is 2. The van der Waals surface area contributed by atoms with Crippen molar-refractivity contribution in [2.75, 3.05) is 38.0 Å². The van der Waals surface area contributed by atoms with Gasteiger partial charge in [-0.05, 0) is 108 Å². The highest BCUT2D eigenvalue weighted by Crippen LogP contribution is 2.43. The molecule has 0 bridgehead atoms. The van der Waals surface area contributed by atoms with Crippen molar-refractivity contribution < 1.29 is 19.8 Å². The van der Waals surface area contributed by atoms with Crippen molar-refractivity contribution in [2.45, 2.75) is 64.6 Å². The van der Waals surface area contributed by atoms with Gasteiger partial charge in [-0.25, -0.2) is 9.97 Å². The highest BCUT2D eigenvalue weighted by Gasteiger charge is 2.27. The van der Waals surface area contributed by atoms with E-state index in [0.29, 0.717) is 11.1 Å². The molecule has 0 aliphatic heterocycles. The molecule has 0 fully saturated rings. The fraction of sp³-hybridized carbons (Fsp3) is 0.412. The summed E-state index contributed by atoms with van der Waals surface area (Å²) in [4.78, 5) is 39.6. The Morgan fingerprint density at radius 3 is 1.76 bits per heavy atom. The molecular formula is C34H38Br2N4O4S2. The first kappa shape index (κ1) is 34.8. The molecule has 2 unspecified atom stereocenters. The summed E-state index contributed by atoms with van der Waals surface area (Å²) in [6.07, 6.45) is 4.45. The Bertz CT molecular complexity index is 1740.